The van der Waals surface area contributed by atoms with Gasteiger partial charge in [-0.15, -0.1) is 0 Å². The fourth-order valence-electron chi connectivity index (χ4n) is 5.03. The molecule has 4 rings (SSSR count). The van der Waals surface area contributed by atoms with Gasteiger partial charge < -0.3 is 19.5 Å². The highest BCUT2D eigenvalue weighted by Gasteiger charge is 2.76. The molecule has 0 bridgehead atoms. The molecule has 6 heteroatoms. The highest BCUT2D eigenvalue weighted by molar-refractivity contribution is 5.94. The standard InChI is InChI=1S/C25H29NO5/c1-3-19(27)23-25(22(31-23)18-13-9-6-10-14-18)21(17-11-7-5-8-12-17)26(24(25)29)16-15-20(28)30-4-2/h5-14,19,21-23,27H,3-4,15-16H2,1-2H3/t19-,21+,22+,23-,25-/m0/s1. The van der Waals surface area contributed by atoms with Crippen LogP contribution in [0.3, 0.4) is 0 Å². The van der Waals surface area contributed by atoms with Crippen molar-refractivity contribution in [2.45, 2.75) is 51.0 Å². The van der Waals surface area contributed by atoms with E-state index in [0.29, 0.717) is 13.0 Å². The Morgan fingerprint density at radius 1 is 1.10 bits per heavy atom. The summed E-state index contributed by atoms with van der Waals surface area (Å²) >= 11 is 0. The predicted octanol–water partition coefficient (Wildman–Crippen LogP) is 3.42. The molecule has 0 saturated carbocycles. The van der Waals surface area contributed by atoms with Gasteiger partial charge in [0.15, 0.2) is 0 Å². The van der Waals surface area contributed by atoms with Crippen molar-refractivity contribution in [3.8, 4) is 0 Å². The summed E-state index contributed by atoms with van der Waals surface area (Å²) < 4.78 is 11.2. The van der Waals surface area contributed by atoms with Crippen molar-refractivity contribution in [2.24, 2.45) is 5.41 Å². The monoisotopic (exact) mass is 423 g/mol. The second kappa shape index (κ2) is 8.81. The van der Waals surface area contributed by atoms with E-state index >= 15 is 0 Å². The van der Waals surface area contributed by atoms with Crippen molar-refractivity contribution in [1.82, 2.24) is 4.90 Å². The van der Waals surface area contributed by atoms with Gasteiger partial charge in [0.05, 0.1) is 25.2 Å². The lowest BCUT2D eigenvalue weighted by atomic mass is 9.54. The zero-order valence-electron chi connectivity index (χ0n) is 17.9. The Morgan fingerprint density at radius 3 is 2.29 bits per heavy atom. The number of amides is 1. The average molecular weight is 424 g/mol. The maximum atomic E-state index is 13.7. The highest BCUT2D eigenvalue weighted by atomic mass is 16.5. The van der Waals surface area contributed by atoms with Gasteiger partial charge in [-0.1, -0.05) is 67.6 Å². The number of likely N-dealkylation sites (tertiary alicyclic amines) is 1. The lowest BCUT2D eigenvalue weighted by Gasteiger charge is -2.68. The number of β-lactam (4-membered cyclic amide) rings is 1. The van der Waals surface area contributed by atoms with E-state index in [4.69, 9.17) is 9.47 Å². The molecule has 2 fully saturated rings. The van der Waals surface area contributed by atoms with Crippen LogP contribution in [0.4, 0.5) is 0 Å². The molecule has 0 aromatic heterocycles. The maximum Gasteiger partial charge on any atom is 0.307 e. The topological polar surface area (TPSA) is 76.1 Å². The number of rotatable bonds is 8. The number of carbonyl (C=O) groups is 2. The van der Waals surface area contributed by atoms with E-state index in [1.165, 1.54) is 0 Å². The number of ether oxygens (including phenoxy) is 2. The summed E-state index contributed by atoms with van der Waals surface area (Å²) in [4.78, 5) is 27.4. The number of aliphatic hydroxyl groups excluding tert-OH is 1. The summed E-state index contributed by atoms with van der Waals surface area (Å²) in [6.45, 7) is 4.24. The minimum Gasteiger partial charge on any atom is -0.466 e. The van der Waals surface area contributed by atoms with Crippen LogP contribution in [0.25, 0.3) is 0 Å². The predicted molar refractivity (Wildman–Crippen MR) is 115 cm³/mol. The molecule has 0 radical (unpaired) electrons. The molecule has 31 heavy (non-hydrogen) atoms. The lowest BCUT2D eigenvalue weighted by Crippen LogP contribution is -2.78. The van der Waals surface area contributed by atoms with Crippen LogP contribution in [0.1, 0.15) is 50.0 Å². The molecular formula is C25H29NO5. The number of hydrogen-bond donors (Lipinski definition) is 1. The molecule has 164 valence electrons. The first-order valence-corrected chi connectivity index (χ1v) is 11.0. The van der Waals surface area contributed by atoms with E-state index in [2.05, 4.69) is 0 Å². The molecule has 0 aliphatic carbocycles. The van der Waals surface area contributed by atoms with E-state index in [0.717, 1.165) is 11.1 Å². The number of aliphatic hydroxyl groups is 1. The third-order valence-corrected chi connectivity index (χ3v) is 6.43. The van der Waals surface area contributed by atoms with Crippen molar-refractivity contribution < 1.29 is 24.2 Å². The van der Waals surface area contributed by atoms with Crippen molar-refractivity contribution >= 4 is 11.9 Å². The molecular weight excluding hydrogens is 394 g/mol. The zero-order chi connectivity index (χ0) is 22.0. The van der Waals surface area contributed by atoms with E-state index in [1.54, 1.807) is 11.8 Å². The van der Waals surface area contributed by atoms with Crippen molar-refractivity contribution in [2.75, 3.05) is 13.2 Å². The molecule has 2 saturated heterocycles. The van der Waals surface area contributed by atoms with E-state index < -0.39 is 23.7 Å². The molecule has 2 aliphatic heterocycles. The Bertz CT molecular complexity index is 918. The average Bonchev–Trinajstić information content (AvgIpc) is 2.78. The van der Waals surface area contributed by atoms with Crippen LogP contribution in [-0.2, 0) is 19.1 Å². The van der Waals surface area contributed by atoms with Gasteiger partial charge in [-0.2, -0.15) is 0 Å². The van der Waals surface area contributed by atoms with Crippen molar-refractivity contribution in [1.29, 1.82) is 0 Å². The van der Waals surface area contributed by atoms with Crippen molar-refractivity contribution in [3.63, 3.8) is 0 Å². The molecule has 1 spiro atoms. The summed E-state index contributed by atoms with van der Waals surface area (Å²) in [6.07, 6.45) is -1.17. The Morgan fingerprint density at radius 2 is 1.71 bits per heavy atom. The first-order valence-electron chi connectivity index (χ1n) is 11.0. The minimum absolute atomic E-state index is 0.0803. The van der Waals surface area contributed by atoms with Gasteiger partial charge in [-0.25, -0.2) is 0 Å². The summed E-state index contributed by atoms with van der Waals surface area (Å²) in [5, 5.41) is 10.7. The van der Waals surface area contributed by atoms with Gasteiger partial charge in [-0.3, -0.25) is 9.59 Å². The third kappa shape index (κ3) is 3.44. The SMILES string of the molecule is CCOC(=O)CCN1C(=O)[C@]2([C@@H](c3ccccc3)O[C@H]2[C@@H](O)CC)[C@H]1c1ccccc1. The molecule has 2 aliphatic rings. The molecule has 1 N–H and O–H groups in total. The van der Waals surface area contributed by atoms with Crippen LogP contribution in [-0.4, -0.2) is 47.2 Å². The molecule has 2 aromatic carbocycles. The number of hydrogen-bond acceptors (Lipinski definition) is 5. The normalized spacial score (nSPS) is 28.0. The van der Waals surface area contributed by atoms with Crippen LogP contribution in [0, 0.1) is 5.41 Å². The number of benzene rings is 2. The van der Waals surface area contributed by atoms with Crippen LogP contribution < -0.4 is 0 Å². The summed E-state index contributed by atoms with van der Waals surface area (Å²) in [6, 6.07) is 19.2. The molecule has 5 atom stereocenters. The van der Waals surface area contributed by atoms with Crippen LogP contribution >= 0.6 is 0 Å². The Kier molecular flexibility index (Phi) is 6.12. The maximum absolute atomic E-state index is 13.7. The van der Waals surface area contributed by atoms with Gasteiger partial charge in [0.25, 0.3) is 0 Å². The Hall–Kier alpha value is -2.70. The van der Waals surface area contributed by atoms with E-state index in [-0.39, 0.29) is 30.9 Å². The first kappa shape index (κ1) is 21.5. The molecule has 2 aromatic rings. The Labute approximate surface area is 182 Å². The molecule has 0 unspecified atom stereocenters. The summed E-state index contributed by atoms with van der Waals surface area (Å²) in [7, 11) is 0. The second-order valence-corrected chi connectivity index (χ2v) is 8.12. The molecule has 1 amide bonds. The van der Waals surface area contributed by atoms with Gasteiger partial charge in [0.1, 0.15) is 17.6 Å². The van der Waals surface area contributed by atoms with Gasteiger partial charge in [0, 0.05) is 6.54 Å². The molecule has 6 nitrogen and oxygen atoms in total. The van der Waals surface area contributed by atoms with Crippen LogP contribution in [0.2, 0.25) is 0 Å². The van der Waals surface area contributed by atoms with Crippen molar-refractivity contribution in [3.05, 3.63) is 71.8 Å². The number of carbonyl (C=O) groups excluding carboxylic acids is 2. The number of nitrogens with zero attached hydrogens (tertiary/aromatic N) is 1. The quantitative estimate of drug-likeness (QED) is 0.520. The van der Waals surface area contributed by atoms with Crippen LogP contribution in [0.15, 0.2) is 60.7 Å². The summed E-state index contributed by atoms with van der Waals surface area (Å²) in [5.41, 5.74) is 0.997. The van der Waals surface area contributed by atoms with Gasteiger partial charge >= 0.3 is 5.97 Å². The summed E-state index contributed by atoms with van der Waals surface area (Å²) in [5.74, 6) is -0.402. The number of esters is 1. The fraction of sp³-hybridized carbons (Fsp3) is 0.440. The molecule has 2 heterocycles. The largest absolute Gasteiger partial charge is 0.466 e. The van der Waals surface area contributed by atoms with Gasteiger partial charge in [0.2, 0.25) is 5.91 Å². The zero-order valence-corrected chi connectivity index (χ0v) is 17.9. The highest BCUT2D eigenvalue weighted by Crippen LogP contribution is 2.67. The first-order chi connectivity index (χ1) is 15.1. The minimum atomic E-state index is -0.896. The van der Waals surface area contributed by atoms with Gasteiger partial charge in [-0.05, 0) is 24.5 Å². The fourth-order valence-corrected chi connectivity index (χ4v) is 5.03. The second-order valence-electron chi connectivity index (χ2n) is 8.12. The van der Waals surface area contributed by atoms with Crippen LogP contribution in [0.5, 0.6) is 0 Å². The van der Waals surface area contributed by atoms with E-state index in [1.807, 2.05) is 67.6 Å². The smallest absolute Gasteiger partial charge is 0.307 e. The Balaban J connectivity index is 1.72. The third-order valence-electron chi connectivity index (χ3n) is 6.43. The lowest BCUT2D eigenvalue weighted by molar-refractivity contribution is -0.326. The van der Waals surface area contributed by atoms with E-state index in [9.17, 15) is 14.7 Å².